The molecule has 4 rings (SSSR count). The Morgan fingerprint density at radius 1 is 1.22 bits per heavy atom. The zero-order valence-corrected chi connectivity index (χ0v) is 13.1. The smallest absolute Gasteiger partial charge is 0.269 e. The van der Waals surface area contributed by atoms with E-state index >= 15 is 0 Å². The van der Waals surface area contributed by atoms with Crippen molar-refractivity contribution >= 4 is 27.9 Å². The van der Waals surface area contributed by atoms with Gasteiger partial charge < -0.3 is 10.6 Å². The number of nitrogens with one attached hydrogen (secondary N) is 2. The molecule has 0 radical (unpaired) electrons. The zero-order chi connectivity index (χ0) is 16.0. The Hall–Kier alpha value is -2.41. The molecule has 2 heterocycles. The molecule has 23 heavy (non-hydrogen) atoms. The van der Waals surface area contributed by atoms with E-state index < -0.39 is 11.1 Å². The SMILES string of the molecule is O=C1NC(c2cccc([N+](=O)[O-])c2)Nc2sc3c(c21)CCCC3. The minimum Gasteiger partial charge on any atom is -0.353 e. The molecule has 2 aromatic rings. The Morgan fingerprint density at radius 3 is 2.87 bits per heavy atom. The summed E-state index contributed by atoms with van der Waals surface area (Å²) in [6.07, 6.45) is 3.84. The second-order valence-electron chi connectivity index (χ2n) is 5.82. The number of nitrogens with zero attached hydrogens (tertiary/aromatic N) is 1. The molecule has 1 aromatic carbocycles. The lowest BCUT2D eigenvalue weighted by molar-refractivity contribution is -0.384. The normalized spacial score (nSPS) is 19.3. The van der Waals surface area contributed by atoms with Gasteiger partial charge in [0.2, 0.25) is 0 Å². The van der Waals surface area contributed by atoms with Crippen LogP contribution >= 0.6 is 11.3 Å². The molecule has 0 saturated carbocycles. The molecule has 0 fully saturated rings. The monoisotopic (exact) mass is 329 g/mol. The van der Waals surface area contributed by atoms with Gasteiger partial charge in [0.05, 0.1) is 10.5 Å². The Morgan fingerprint density at radius 2 is 2.04 bits per heavy atom. The highest BCUT2D eigenvalue weighted by molar-refractivity contribution is 7.16. The molecule has 1 aromatic heterocycles. The number of hydrogen-bond acceptors (Lipinski definition) is 5. The highest BCUT2D eigenvalue weighted by Crippen LogP contribution is 2.41. The summed E-state index contributed by atoms with van der Waals surface area (Å²) >= 11 is 1.64. The molecule has 2 N–H and O–H groups in total. The third kappa shape index (κ3) is 2.37. The molecule has 0 spiro atoms. The fourth-order valence-corrected chi connectivity index (χ4v) is 4.58. The Kier molecular flexibility index (Phi) is 3.30. The summed E-state index contributed by atoms with van der Waals surface area (Å²) in [6, 6.07) is 6.36. The van der Waals surface area contributed by atoms with Crippen LogP contribution in [0, 0.1) is 10.1 Å². The summed E-state index contributed by atoms with van der Waals surface area (Å²) in [6.45, 7) is 0. The number of fused-ring (bicyclic) bond motifs is 3. The highest BCUT2D eigenvalue weighted by Gasteiger charge is 2.32. The minimum absolute atomic E-state index is 0.0230. The van der Waals surface area contributed by atoms with Crippen molar-refractivity contribution in [3.63, 3.8) is 0 Å². The summed E-state index contributed by atoms with van der Waals surface area (Å²) in [7, 11) is 0. The molecule has 6 nitrogen and oxygen atoms in total. The molecule has 0 bridgehead atoms. The first-order valence-corrected chi connectivity index (χ1v) is 8.41. The van der Waals surface area contributed by atoms with Gasteiger partial charge in [-0.05, 0) is 31.2 Å². The van der Waals surface area contributed by atoms with Crippen LogP contribution in [0.4, 0.5) is 10.7 Å². The molecule has 1 amide bonds. The molecular weight excluding hydrogens is 314 g/mol. The zero-order valence-electron chi connectivity index (χ0n) is 12.3. The van der Waals surface area contributed by atoms with Crippen LogP contribution in [0.25, 0.3) is 0 Å². The third-order valence-electron chi connectivity index (χ3n) is 4.36. The number of benzene rings is 1. The van der Waals surface area contributed by atoms with Crippen molar-refractivity contribution < 1.29 is 9.72 Å². The number of thiophene rings is 1. The lowest BCUT2D eigenvalue weighted by Crippen LogP contribution is -2.38. The standard InChI is InChI=1S/C16H15N3O3S/c20-15-13-11-6-1-2-7-12(11)23-16(13)18-14(17-15)9-4-3-5-10(8-9)19(21)22/h3-5,8,14,18H,1-2,6-7H2,(H,17,20). The fourth-order valence-electron chi connectivity index (χ4n) is 3.26. The summed E-state index contributed by atoms with van der Waals surface area (Å²) in [5.74, 6) is -0.0883. The average Bonchev–Trinajstić information content (AvgIpc) is 2.93. The number of hydrogen-bond donors (Lipinski definition) is 2. The molecule has 1 aliphatic heterocycles. The van der Waals surface area contributed by atoms with Crippen molar-refractivity contribution in [3.05, 3.63) is 55.9 Å². The number of non-ortho nitro benzene ring substituents is 1. The number of nitro groups is 1. The third-order valence-corrected chi connectivity index (χ3v) is 5.59. The Labute approximate surface area is 136 Å². The molecule has 118 valence electrons. The molecule has 2 aliphatic rings. The van der Waals surface area contributed by atoms with Crippen LogP contribution in [0.15, 0.2) is 24.3 Å². The molecule has 7 heteroatoms. The van der Waals surface area contributed by atoms with Crippen LogP contribution in [0.5, 0.6) is 0 Å². The first kappa shape index (κ1) is 14.2. The van der Waals surface area contributed by atoms with E-state index in [1.165, 1.54) is 29.0 Å². The lowest BCUT2D eigenvalue weighted by Gasteiger charge is -2.26. The minimum atomic E-state index is -0.435. The van der Waals surface area contributed by atoms with Crippen molar-refractivity contribution in [1.82, 2.24) is 5.32 Å². The fraction of sp³-hybridized carbons (Fsp3) is 0.312. The first-order chi connectivity index (χ1) is 11.1. The number of rotatable bonds is 2. The number of aryl methyl sites for hydroxylation is 1. The largest absolute Gasteiger partial charge is 0.353 e. The van der Waals surface area contributed by atoms with Gasteiger partial charge in [-0.15, -0.1) is 11.3 Å². The van der Waals surface area contributed by atoms with Crippen molar-refractivity contribution in [2.45, 2.75) is 31.8 Å². The highest BCUT2D eigenvalue weighted by atomic mass is 32.1. The maximum absolute atomic E-state index is 12.5. The van der Waals surface area contributed by atoms with Gasteiger partial charge in [0.25, 0.3) is 11.6 Å². The quantitative estimate of drug-likeness (QED) is 0.653. The van der Waals surface area contributed by atoms with Gasteiger partial charge in [-0.25, -0.2) is 0 Å². The number of amides is 1. The van der Waals surface area contributed by atoms with Gasteiger partial charge in [-0.3, -0.25) is 14.9 Å². The van der Waals surface area contributed by atoms with Crippen molar-refractivity contribution in [1.29, 1.82) is 0 Å². The van der Waals surface area contributed by atoms with Crippen LogP contribution < -0.4 is 10.6 Å². The second kappa shape index (κ2) is 5.34. The topological polar surface area (TPSA) is 84.3 Å². The number of carbonyl (C=O) groups is 1. The maximum atomic E-state index is 12.5. The van der Waals surface area contributed by atoms with Crippen LogP contribution in [-0.2, 0) is 12.8 Å². The van der Waals surface area contributed by atoms with Crippen LogP contribution in [0.1, 0.15) is 45.4 Å². The van der Waals surface area contributed by atoms with E-state index in [1.807, 2.05) is 0 Å². The Balaban J connectivity index is 1.70. The van der Waals surface area contributed by atoms with Crippen molar-refractivity contribution in [3.8, 4) is 0 Å². The van der Waals surface area contributed by atoms with E-state index in [0.29, 0.717) is 5.56 Å². The second-order valence-corrected chi connectivity index (χ2v) is 6.92. The summed E-state index contributed by atoms with van der Waals surface area (Å²) in [4.78, 5) is 24.3. The number of anilines is 1. The van der Waals surface area contributed by atoms with E-state index in [2.05, 4.69) is 10.6 Å². The molecule has 1 atom stereocenters. The van der Waals surface area contributed by atoms with Gasteiger partial charge >= 0.3 is 0 Å². The van der Waals surface area contributed by atoms with Gasteiger partial charge in [0.1, 0.15) is 11.2 Å². The van der Waals surface area contributed by atoms with Crippen LogP contribution in [0.2, 0.25) is 0 Å². The molecule has 1 aliphatic carbocycles. The van der Waals surface area contributed by atoms with E-state index in [-0.39, 0.29) is 11.6 Å². The van der Waals surface area contributed by atoms with Gasteiger partial charge in [0.15, 0.2) is 0 Å². The first-order valence-electron chi connectivity index (χ1n) is 7.60. The van der Waals surface area contributed by atoms with Crippen LogP contribution in [0.3, 0.4) is 0 Å². The summed E-state index contributed by atoms with van der Waals surface area (Å²) in [5, 5.41) is 18.1. The van der Waals surface area contributed by atoms with Crippen molar-refractivity contribution in [2.75, 3.05) is 5.32 Å². The van der Waals surface area contributed by atoms with Gasteiger partial charge in [0, 0.05) is 22.6 Å². The van der Waals surface area contributed by atoms with Gasteiger partial charge in [-0.1, -0.05) is 12.1 Å². The van der Waals surface area contributed by atoms with Crippen molar-refractivity contribution in [2.24, 2.45) is 0 Å². The van der Waals surface area contributed by atoms with E-state index in [4.69, 9.17) is 0 Å². The van der Waals surface area contributed by atoms with E-state index in [0.717, 1.165) is 29.8 Å². The lowest BCUT2D eigenvalue weighted by atomic mass is 9.94. The van der Waals surface area contributed by atoms with Gasteiger partial charge in [-0.2, -0.15) is 0 Å². The molecular formula is C16H15N3O3S. The predicted octanol–water partition coefficient (Wildman–Crippen LogP) is 3.39. The Bertz CT molecular complexity index is 815. The summed E-state index contributed by atoms with van der Waals surface area (Å²) < 4.78 is 0. The molecule has 1 unspecified atom stereocenters. The predicted molar refractivity (Wildman–Crippen MR) is 87.9 cm³/mol. The van der Waals surface area contributed by atoms with Crippen LogP contribution in [-0.4, -0.2) is 10.8 Å². The van der Waals surface area contributed by atoms with E-state index in [1.54, 1.807) is 23.5 Å². The molecule has 0 saturated heterocycles. The number of nitro benzene ring substituents is 1. The average molecular weight is 329 g/mol. The van der Waals surface area contributed by atoms with E-state index in [9.17, 15) is 14.9 Å². The summed E-state index contributed by atoms with van der Waals surface area (Å²) in [5.41, 5.74) is 2.66. The maximum Gasteiger partial charge on any atom is 0.269 e. The number of carbonyl (C=O) groups excluding carboxylic acids is 1.